The van der Waals surface area contributed by atoms with E-state index in [-0.39, 0.29) is 11.2 Å². The van der Waals surface area contributed by atoms with E-state index >= 15 is 9.59 Å². The van der Waals surface area contributed by atoms with Crippen LogP contribution in [0.4, 0.5) is 11.4 Å². The summed E-state index contributed by atoms with van der Waals surface area (Å²) in [5.74, 6) is 0.0113. The van der Waals surface area contributed by atoms with Crippen molar-refractivity contribution in [2.24, 2.45) is 10.1 Å². The predicted octanol–water partition coefficient (Wildman–Crippen LogP) is 21.4. The number of Topliss-reactive ketones (excluding diaryl/α,β-unsaturated/α-hetero) is 1. The third kappa shape index (κ3) is 3.04. The lowest BCUT2D eigenvalue weighted by Crippen LogP contribution is -2.52. The van der Waals surface area contributed by atoms with Gasteiger partial charge in [0.2, 0.25) is 11.2 Å². The van der Waals surface area contributed by atoms with E-state index in [1.807, 2.05) is 12.3 Å². The van der Waals surface area contributed by atoms with Gasteiger partial charge in [-0.3, -0.25) is 19.6 Å². The molecule has 1 aromatic heterocycles. The maximum absolute atomic E-state index is 18.8. The normalized spacial score (nSPS) is 19.2. The number of carbonyl (C=O) groups excluding carboxylic acids is 1. The SMILES string of the molecule is O=C1c2c3c4c5c(c6c7c8/c(=N\N(c9ccccc9)c9ccccc9)c(=O)c9c%10c%11c%12c%13c%14c(c%15c2c2c4c4c%16c5c5c6c6c7c7c(c98)c%11c8c9c%12c%11c%12c%13c%15c%13c2c4c2c(c%13%12)c4c%11c9c9c(c87)c6c6c5c%16c2c4c69)C1(c1ccccn1)N=C(c1ccccc1)C%14%10c1ccccc1)C3. The molecule has 0 spiro atoms. The van der Waals surface area contributed by atoms with Crippen LogP contribution in [-0.2, 0) is 17.4 Å². The van der Waals surface area contributed by atoms with Crippen LogP contribution in [0.15, 0.2) is 161 Å². The highest BCUT2D eigenvalue weighted by Gasteiger charge is 2.64. The first-order valence-corrected chi connectivity index (χ1v) is 34.8. The number of ketones is 1. The number of para-hydroxylation sites is 2. The molecule has 0 bridgehead atoms. The van der Waals surface area contributed by atoms with Crippen LogP contribution in [0.5, 0.6) is 0 Å². The number of rotatable bonds is 6. The number of hydrogen-bond donors (Lipinski definition) is 0. The largest absolute Gasteiger partial charge is 0.291 e. The second-order valence-electron chi connectivity index (χ2n) is 31.3. The van der Waals surface area contributed by atoms with Gasteiger partial charge >= 0.3 is 0 Å². The van der Waals surface area contributed by atoms with Crippen molar-refractivity contribution in [3.63, 3.8) is 0 Å². The van der Waals surface area contributed by atoms with Crippen LogP contribution in [0, 0.1) is 0 Å². The van der Waals surface area contributed by atoms with E-state index in [9.17, 15) is 0 Å². The molecule has 6 heteroatoms. The molecule has 35 rings (SSSR count). The summed E-state index contributed by atoms with van der Waals surface area (Å²) in [7, 11) is 0. The van der Waals surface area contributed by atoms with E-state index in [4.69, 9.17) is 15.1 Å². The molecule has 0 amide bonds. The number of pyridine rings is 1. The third-order valence-corrected chi connectivity index (χ3v) is 29.0. The zero-order valence-electron chi connectivity index (χ0n) is 50.7. The van der Waals surface area contributed by atoms with Crippen LogP contribution < -0.4 is 15.8 Å². The third-order valence-electron chi connectivity index (χ3n) is 29.0. The summed E-state index contributed by atoms with van der Waals surface area (Å²) >= 11 is 0. The van der Waals surface area contributed by atoms with Gasteiger partial charge in [-0.1, -0.05) is 103 Å². The highest BCUT2D eigenvalue weighted by molar-refractivity contribution is 6.80. The van der Waals surface area contributed by atoms with Crippen molar-refractivity contribution in [1.29, 1.82) is 0 Å². The molecule has 0 fully saturated rings. The summed E-state index contributed by atoms with van der Waals surface area (Å²) in [6, 6.07) is 49.4. The molecule has 0 saturated heterocycles. The number of aromatic nitrogens is 1. The van der Waals surface area contributed by atoms with Crippen LogP contribution in [0.2, 0.25) is 0 Å². The molecule has 6 nitrogen and oxygen atoms in total. The lowest BCUT2D eigenvalue weighted by molar-refractivity contribution is 0.0911. The second-order valence-corrected chi connectivity index (χ2v) is 31.3. The van der Waals surface area contributed by atoms with Crippen LogP contribution >= 0.6 is 0 Å². The lowest BCUT2D eigenvalue weighted by atomic mass is 9.52. The molecule has 98 heavy (non-hydrogen) atoms. The molecule has 2 heterocycles. The maximum atomic E-state index is 18.8. The number of fused-ring (bicyclic) bond motifs is 6. The highest BCUT2D eigenvalue weighted by Crippen LogP contribution is 2.79. The average molecular weight is 1220 g/mol. The molecule has 3 aliphatic carbocycles. The molecule has 30 aromatic carbocycles. The first-order valence-electron chi connectivity index (χ1n) is 34.8. The number of hydrogen-bond acceptors (Lipinski definition) is 6. The lowest BCUT2D eigenvalue weighted by Gasteiger charge is -2.51. The monoisotopic (exact) mass is 1220 g/mol. The zero-order valence-corrected chi connectivity index (χ0v) is 50.7. The number of aliphatic imine (C=N–C) groups is 1. The van der Waals surface area contributed by atoms with E-state index in [0.717, 1.165) is 83.0 Å². The topological polar surface area (TPSA) is 75.0 Å². The van der Waals surface area contributed by atoms with Crippen molar-refractivity contribution in [2.45, 2.75) is 17.4 Å². The number of carbonyl (C=O) groups is 1. The molecular formula is C92H26N4O2. The van der Waals surface area contributed by atoms with Gasteiger partial charge in [0.05, 0.1) is 28.2 Å². The van der Waals surface area contributed by atoms with Crippen molar-refractivity contribution in [2.75, 3.05) is 5.01 Å². The zero-order chi connectivity index (χ0) is 60.9. The molecule has 2 atom stereocenters. The molecule has 31 aromatic rings. The van der Waals surface area contributed by atoms with Crippen LogP contribution in [-0.4, -0.2) is 16.5 Å². The first kappa shape index (κ1) is 42.5. The fourth-order valence-electron chi connectivity index (χ4n) is 27.3. The summed E-state index contributed by atoms with van der Waals surface area (Å²) < 4.78 is 0. The van der Waals surface area contributed by atoms with E-state index in [1.165, 1.54) is 248 Å². The molecule has 426 valence electrons. The maximum Gasteiger partial charge on any atom is 0.214 e. The van der Waals surface area contributed by atoms with Gasteiger partial charge in [0.1, 0.15) is 5.36 Å². The molecule has 0 radical (unpaired) electrons. The quantitative estimate of drug-likeness (QED) is 0.123. The fourth-order valence-corrected chi connectivity index (χ4v) is 27.3. The summed E-state index contributed by atoms with van der Waals surface area (Å²) in [4.78, 5) is 49.8. The van der Waals surface area contributed by atoms with Gasteiger partial charge in [0.25, 0.3) is 0 Å². The van der Waals surface area contributed by atoms with Gasteiger partial charge in [-0.15, -0.1) is 0 Å². The Balaban J connectivity index is 1.02. The van der Waals surface area contributed by atoms with Crippen LogP contribution in [0.1, 0.15) is 55.0 Å². The summed E-state index contributed by atoms with van der Waals surface area (Å²) in [6.45, 7) is 0. The van der Waals surface area contributed by atoms with Crippen molar-refractivity contribution in [3.05, 3.63) is 212 Å². The van der Waals surface area contributed by atoms with Gasteiger partial charge < -0.3 is 0 Å². The smallest absolute Gasteiger partial charge is 0.214 e. The number of anilines is 2. The molecule has 0 N–H and O–H groups in total. The first-order chi connectivity index (χ1) is 48.7. The second kappa shape index (κ2) is 11.5. The molecule has 2 unspecified atom stereocenters. The Morgan fingerprint density at radius 3 is 1.14 bits per heavy atom. The molecule has 0 saturated carbocycles. The van der Waals surface area contributed by atoms with Gasteiger partial charge in [0, 0.05) is 77.6 Å². The number of benzene rings is 21. The summed E-state index contributed by atoms with van der Waals surface area (Å²) in [6.07, 6.45) is 2.46. The van der Waals surface area contributed by atoms with E-state index < -0.39 is 11.0 Å². The molecule has 4 aliphatic rings. The van der Waals surface area contributed by atoms with Crippen LogP contribution in [0.3, 0.4) is 0 Å². The molecular weight excluding hydrogens is 1190 g/mol. The van der Waals surface area contributed by atoms with Gasteiger partial charge in [0.15, 0.2) is 5.54 Å². The molecule has 1 aliphatic heterocycles. The van der Waals surface area contributed by atoms with Gasteiger partial charge in [-0.2, -0.15) is 5.10 Å². The minimum Gasteiger partial charge on any atom is -0.291 e. The highest BCUT2D eigenvalue weighted by atomic mass is 16.1. The van der Waals surface area contributed by atoms with Crippen molar-refractivity contribution >= 4 is 292 Å². The Morgan fingerprint density at radius 1 is 0.316 bits per heavy atom. The van der Waals surface area contributed by atoms with Crippen LogP contribution in [0.25, 0.3) is 269 Å². The van der Waals surface area contributed by atoms with Gasteiger partial charge in [-0.25, -0.2) is 5.01 Å². The minimum absolute atomic E-state index is 0.0113. The predicted molar refractivity (Wildman–Crippen MR) is 402 cm³/mol. The number of nitrogens with zero attached hydrogens (tertiary/aromatic N) is 4. The summed E-state index contributed by atoms with van der Waals surface area (Å²) in [5.41, 5.74) is 8.28. The Labute approximate surface area is 542 Å². The Kier molecular flexibility index (Phi) is 4.99. The summed E-state index contributed by atoms with van der Waals surface area (Å²) in [5, 5.41) is 75.5. The van der Waals surface area contributed by atoms with Gasteiger partial charge in [-0.05, 0) is 285 Å². The van der Waals surface area contributed by atoms with E-state index in [1.54, 1.807) is 0 Å². The van der Waals surface area contributed by atoms with Crippen molar-refractivity contribution in [1.82, 2.24) is 4.98 Å². The van der Waals surface area contributed by atoms with Crippen molar-refractivity contribution < 1.29 is 4.79 Å². The Hall–Kier alpha value is -12.8. The van der Waals surface area contributed by atoms with E-state index in [2.05, 4.69) is 138 Å². The Morgan fingerprint density at radius 2 is 0.673 bits per heavy atom. The van der Waals surface area contributed by atoms with Crippen molar-refractivity contribution in [3.8, 4) is 0 Å². The average Bonchev–Trinajstić information content (AvgIpc) is 1.39. The van der Waals surface area contributed by atoms with E-state index in [0.29, 0.717) is 17.5 Å². The fraction of sp³-hybridized carbons (Fsp3) is 0.0326. The standard InChI is InChI=1S/C92H26N4O2/c97-88-83-78-73-53-47-40(82(78)87(88)95-96(28-19-9-3-10-20-28)29-21-11-4-12-22-29)35-30-25-31-34-33(30)37-42-39(35)46(47)52-54-48(42)50-44(37)45-38(34)43-41-36(31)90(98)92(32-23-13-14-24-93-32)86-81(41)76-71-49(43)51(45)56-55(50)59-58(54)60-57(52)65(53)69-67-63(60)64-61(59)62(56)66(71)70-68(64)72(67)77-79(74(69)73)84(83)91(27-17-7-2-8-18-27,85(86)80(77)75(70)76)89(94-92)26-15-5-1-6-16-26/h1-24H,25H2/b95-87+. The Bertz CT molecular complexity index is 9340. The minimum atomic E-state index is -1.69.